The predicted octanol–water partition coefficient (Wildman–Crippen LogP) is 3.57. The van der Waals surface area contributed by atoms with E-state index in [0.717, 1.165) is 34.8 Å². The lowest BCUT2D eigenvalue weighted by Crippen LogP contribution is -2.36. The highest BCUT2D eigenvalue weighted by molar-refractivity contribution is 5.85. The van der Waals surface area contributed by atoms with Crippen molar-refractivity contribution in [2.45, 2.75) is 20.0 Å². The number of methoxy groups -OCH3 is 2. The van der Waals surface area contributed by atoms with Gasteiger partial charge in [-0.25, -0.2) is 9.98 Å². The minimum absolute atomic E-state index is 0.524. The summed E-state index contributed by atoms with van der Waals surface area (Å²) in [6.45, 7) is 3.99. The molecule has 0 bridgehead atoms. The van der Waals surface area contributed by atoms with Gasteiger partial charge in [-0.15, -0.1) is 0 Å². The molecule has 0 aliphatic carbocycles. The molecule has 0 atom stereocenters. The van der Waals surface area contributed by atoms with Crippen molar-refractivity contribution in [1.29, 1.82) is 0 Å². The molecule has 3 aromatic rings. The monoisotopic (exact) mass is 421 g/mol. The van der Waals surface area contributed by atoms with Gasteiger partial charge >= 0.3 is 0 Å². The Kier molecular flexibility index (Phi) is 7.54. The number of pyridine rings is 1. The quantitative estimate of drug-likeness (QED) is 0.428. The van der Waals surface area contributed by atoms with Crippen molar-refractivity contribution in [2.75, 3.05) is 39.8 Å². The predicted molar refractivity (Wildman–Crippen MR) is 127 cm³/mol. The number of rotatable bonds is 8. The Labute approximate surface area is 184 Å². The van der Waals surface area contributed by atoms with Gasteiger partial charge in [-0.1, -0.05) is 24.3 Å². The number of anilines is 1. The van der Waals surface area contributed by atoms with E-state index in [0.29, 0.717) is 24.6 Å². The number of nitrogens with one attached hydrogen (secondary N) is 2. The third-order valence-electron chi connectivity index (χ3n) is 4.90. The van der Waals surface area contributed by atoms with Crippen LogP contribution in [0.1, 0.15) is 18.1 Å². The molecule has 2 N–H and O–H groups in total. The number of guanidine groups is 1. The molecule has 31 heavy (non-hydrogen) atoms. The van der Waals surface area contributed by atoms with E-state index in [9.17, 15) is 0 Å². The van der Waals surface area contributed by atoms with Crippen molar-refractivity contribution < 1.29 is 9.47 Å². The van der Waals surface area contributed by atoms with Crippen LogP contribution >= 0.6 is 0 Å². The summed E-state index contributed by atoms with van der Waals surface area (Å²) in [7, 11) is 7.27. The highest BCUT2D eigenvalue weighted by Gasteiger charge is 2.09. The zero-order chi connectivity index (χ0) is 22.2. The average molecular weight is 422 g/mol. The van der Waals surface area contributed by atoms with E-state index in [1.165, 1.54) is 5.56 Å². The summed E-state index contributed by atoms with van der Waals surface area (Å²) in [4.78, 5) is 11.5. The Morgan fingerprint density at radius 2 is 1.77 bits per heavy atom. The van der Waals surface area contributed by atoms with E-state index in [2.05, 4.69) is 29.7 Å². The van der Waals surface area contributed by atoms with Crippen LogP contribution in [0.3, 0.4) is 0 Å². The second-order valence-corrected chi connectivity index (χ2v) is 7.29. The number of aromatic nitrogens is 1. The van der Waals surface area contributed by atoms with Gasteiger partial charge < -0.3 is 25.0 Å². The zero-order valence-electron chi connectivity index (χ0n) is 18.9. The molecule has 0 saturated heterocycles. The van der Waals surface area contributed by atoms with Crippen molar-refractivity contribution in [1.82, 2.24) is 15.6 Å². The maximum atomic E-state index is 5.39. The first kappa shape index (κ1) is 22.2. The maximum absolute atomic E-state index is 5.39. The molecule has 7 nitrogen and oxygen atoms in total. The molecule has 0 saturated carbocycles. The van der Waals surface area contributed by atoms with Gasteiger partial charge in [-0.3, -0.25) is 0 Å². The molecular weight excluding hydrogens is 390 g/mol. The zero-order valence-corrected chi connectivity index (χ0v) is 18.9. The van der Waals surface area contributed by atoms with Crippen molar-refractivity contribution in [3.05, 3.63) is 59.7 Å². The molecule has 0 fully saturated rings. The van der Waals surface area contributed by atoms with Crippen LogP contribution in [0.5, 0.6) is 11.5 Å². The van der Waals surface area contributed by atoms with Gasteiger partial charge in [0.25, 0.3) is 0 Å². The second kappa shape index (κ2) is 10.5. The smallest absolute Gasteiger partial charge is 0.191 e. The normalized spacial score (nSPS) is 11.3. The second-order valence-electron chi connectivity index (χ2n) is 7.29. The molecule has 164 valence electrons. The molecule has 0 radical (unpaired) electrons. The van der Waals surface area contributed by atoms with E-state index in [1.54, 1.807) is 14.2 Å². The number of aliphatic imine (C=N–C) groups is 1. The number of hydrogen-bond acceptors (Lipinski definition) is 5. The van der Waals surface area contributed by atoms with Crippen molar-refractivity contribution in [3.63, 3.8) is 0 Å². The number of hydrogen-bond donors (Lipinski definition) is 2. The number of nitrogens with zero attached hydrogens (tertiary/aromatic N) is 3. The minimum atomic E-state index is 0.524. The Morgan fingerprint density at radius 1 is 1.00 bits per heavy atom. The molecule has 0 aliphatic heterocycles. The summed E-state index contributed by atoms with van der Waals surface area (Å²) < 4.78 is 10.7. The molecule has 7 heteroatoms. The first-order chi connectivity index (χ1) is 15.0. The molecule has 2 aromatic carbocycles. The molecule has 0 spiro atoms. The van der Waals surface area contributed by atoms with Gasteiger partial charge in [0.15, 0.2) is 17.5 Å². The number of ether oxygens (including phenoxy) is 2. The molecule has 3 rings (SSSR count). The van der Waals surface area contributed by atoms with Crippen LogP contribution in [0.4, 0.5) is 5.82 Å². The van der Waals surface area contributed by atoms with Crippen LogP contribution < -0.4 is 25.0 Å². The molecule has 1 heterocycles. The van der Waals surface area contributed by atoms with Crippen LogP contribution in [-0.4, -0.2) is 45.8 Å². The maximum Gasteiger partial charge on any atom is 0.191 e. The summed E-state index contributed by atoms with van der Waals surface area (Å²) in [6, 6.07) is 16.2. The standard InChI is InChI=1S/C24H31N5O2/c1-6-25-24(26-15-17-11-12-21(30-4)22(13-17)31-5)27-16-18-14-23(29(2)3)28-20-10-8-7-9-19(18)20/h7-14H,6,15-16H2,1-5H3,(H2,25,26,27). The molecule has 0 amide bonds. The van der Waals surface area contributed by atoms with E-state index in [-0.39, 0.29) is 0 Å². The fourth-order valence-corrected chi connectivity index (χ4v) is 3.28. The molecule has 0 aliphatic rings. The highest BCUT2D eigenvalue weighted by Crippen LogP contribution is 2.27. The largest absolute Gasteiger partial charge is 0.493 e. The van der Waals surface area contributed by atoms with E-state index in [4.69, 9.17) is 19.5 Å². The van der Waals surface area contributed by atoms with Crippen LogP contribution in [0, 0.1) is 0 Å². The summed E-state index contributed by atoms with van der Waals surface area (Å²) in [5, 5.41) is 7.91. The first-order valence-corrected chi connectivity index (χ1v) is 10.3. The molecule has 1 aromatic heterocycles. The minimum Gasteiger partial charge on any atom is -0.493 e. The molecular formula is C24H31N5O2. The average Bonchev–Trinajstić information content (AvgIpc) is 2.80. The van der Waals surface area contributed by atoms with Crippen molar-refractivity contribution in [3.8, 4) is 11.5 Å². The number of benzene rings is 2. The Balaban J connectivity index is 1.79. The lowest BCUT2D eigenvalue weighted by atomic mass is 10.1. The van der Waals surface area contributed by atoms with Crippen molar-refractivity contribution in [2.24, 2.45) is 4.99 Å². The topological polar surface area (TPSA) is 71.0 Å². The van der Waals surface area contributed by atoms with Gasteiger partial charge in [0.1, 0.15) is 5.82 Å². The molecule has 0 unspecified atom stereocenters. The summed E-state index contributed by atoms with van der Waals surface area (Å²) in [6.07, 6.45) is 0. The fourth-order valence-electron chi connectivity index (χ4n) is 3.28. The van der Waals surface area contributed by atoms with E-state index >= 15 is 0 Å². The van der Waals surface area contributed by atoms with Gasteiger partial charge in [0.05, 0.1) is 26.3 Å². The summed E-state index contributed by atoms with van der Waals surface area (Å²) >= 11 is 0. The summed E-state index contributed by atoms with van der Waals surface area (Å²) in [5.41, 5.74) is 3.20. The van der Waals surface area contributed by atoms with Crippen LogP contribution in [0.25, 0.3) is 10.9 Å². The number of para-hydroxylation sites is 1. The van der Waals surface area contributed by atoms with Gasteiger partial charge in [0, 0.05) is 32.6 Å². The van der Waals surface area contributed by atoms with Crippen molar-refractivity contribution >= 4 is 22.7 Å². The third kappa shape index (κ3) is 5.57. The van der Waals surface area contributed by atoms with E-state index < -0.39 is 0 Å². The van der Waals surface area contributed by atoms with E-state index in [1.807, 2.05) is 55.4 Å². The highest BCUT2D eigenvalue weighted by atomic mass is 16.5. The van der Waals surface area contributed by atoms with Gasteiger partial charge in [-0.2, -0.15) is 0 Å². The Hall–Kier alpha value is -3.48. The lowest BCUT2D eigenvalue weighted by Gasteiger charge is -2.17. The van der Waals surface area contributed by atoms with Gasteiger partial charge in [0.2, 0.25) is 0 Å². The summed E-state index contributed by atoms with van der Waals surface area (Å²) in [5.74, 6) is 3.10. The van der Waals surface area contributed by atoms with Crippen LogP contribution in [0.15, 0.2) is 53.5 Å². The third-order valence-corrected chi connectivity index (χ3v) is 4.90. The van der Waals surface area contributed by atoms with Crippen LogP contribution in [-0.2, 0) is 13.1 Å². The lowest BCUT2D eigenvalue weighted by molar-refractivity contribution is 0.354. The Bertz CT molecular complexity index is 1050. The Morgan fingerprint density at radius 3 is 2.48 bits per heavy atom. The SMILES string of the molecule is CCNC(=NCc1ccc(OC)c(OC)c1)NCc1cc(N(C)C)nc2ccccc12. The first-order valence-electron chi connectivity index (χ1n) is 10.3. The van der Waals surface area contributed by atoms with Crippen LogP contribution in [0.2, 0.25) is 0 Å². The van der Waals surface area contributed by atoms with Gasteiger partial charge in [-0.05, 0) is 42.3 Å². The number of fused-ring (bicyclic) bond motifs is 1. The fraction of sp³-hybridized carbons (Fsp3) is 0.333.